The number of nitrogens with zero attached hydrogens (tertiary/aromatic N) is 2. The summed E-state index contributed by atoms with van der Waals surface area (Å²) in [5.41, 5.74) is 3.92. The average molecular weight is 524 g/mol. The van der Waals surface area contributed by atoms with Gasteiger partial charge in [0.25, 0.3) is 5.91 Å². The van der Waals surface area contributed by atoms with Gasteiger partial charge in [-0.25, -0.2) is 4.79 Å². The summed E-state index contributed by atoms with van der Waals surface area (Å²) < 4.78 is 10.9. The van der Waals surface area contributed by atoms with Crippen molar-refractivity contribution in [2.24, 2.45) is 0 Å². The summed E-state index contributed by atoms with van der Waals surface area (Å²) in [6.07, 6.45) is 0. The van der Waals surface area contributed by atoms with Crippen LogP contribution in [-0.2, 0) is 16.2 Å². The van der Waals surface area contributed by atoms with Crippen molar-refractivity contribution in [2.75, 3.05) is 36.7 Å². The van der Waals surface area contributed by atoms with Crippen LogP contribution in [0.15, 0.2) is 60.7 Å². The van der Waals surface area contributed by atoms with Crippen molar-refractivity contribution in [3.63, 3.8) is 0 Å². The number of urea groups is 1. The summed E-state index contributed by atoms with van der Waals surface area (Å²) in [7, 11) is 3.20. The minimum atomic E-state index is -1.19. The first-order chi connectivity index (χ1) is 17.4. The number of carbonyl (C=O) groups is 2. The summed E-state index contributed by atoms with van der Waals surface area (Å²) in [6, 6.07) is 18.2. The van der Waals surface area contributed by atoms with Gasteiger partial charge in [-0.2, -0.15) is 0 Å². The largest absolute Gasteiger partial charge is 0.497 e. The third-order valence-corrected chi connectivity index (χ3v) is 8.37. The summed E-state index contributed by atoms with van der Waals surface area (Å²) in [5.74, 6) is 1.81. The molecule has 3 amide bonds. The number of aryl methyl sites for hydroxylation is 1. The van der Waals surface area contributed by atoms with Crippen molar-refractivity contribution in [3.05, 3.63) is 82.4 Å². The van der Waals surface area contributed by atoms with Crippen LogP contribution in [0.3, 0.4) is 0 Å². The molecule has 7 nitrogen and oxygen atoms in total. The van der Waals surface area contributed by atoms with E-state index in [0.717, 1.165) is 28.1 Å². The number of ether oxygens (including phenoxy) is 2. The second-order valence-electron chi connectivity index (χ2n) is 8.66. The van der Waals surface area contributed by atoms with E-state index in [1.165, 1.54) is 11.8 Å². The smallest absolute Gasteiger partial charge is 0.323 e. The number of rotatable bonds is 5. The van der Waals surface area contributed by atoms with Crippen molar-refractivity contribution < 1.29 is 19.1 Å². The minimum Gasteiger partial charge on any atom is -0.497 e. The van der Waals surface area contributed by atoms with Gasteiger partial charge in [-0.1, -0.05) is 29.8 Å². The monoisotopic (exact) mass is 523 g/mol. The number of hydrogen-bond donors (Lipinski definition) is 1. The molecule has 2 aliphatic rings. The molecule has 0 bridgehead atoms. The zero-order chi connectivity index (χ0) is 25.4. The van der Waals surface area contributed by atoms with Crippen molar-refractivity contribution >= 4 is 46.7 Å². The van der Waals surface area contributed by atoms with E-state index in [1.54, 1.807) is 36.2 Å². The standard InChI is InChI=1S/C27H26ClN3O4S/c1-17-7-8-19(14-23(17)28)29-26(33)31-11-12-36-27(31)22-15-21(35-3)9-10-24(22)30(25(27)32)16-18-5-4-6-20(13-18)34-2/h4-10,13-15H,11-12,16H2,1-3H3,(H,29,33)/t27-/m0/s1. The van der Waals surface area contributed by atoms with Crippen LogP contribution >= 0.6 is 23.4 Å². The Labute approximate surface area is 219 Å². The van der Waals surface area contributed by atoms with E-state index in [9.17, 15) is 9.59 Å². The molecule has 2 heterocycles. The average Bonchev–Trinajstić information content (AvgIpc) is 3.43. The number of hydrogen-bond acceptors (Lipinski definition) is 5. The molecule has 0 aliphatic carbocycles. The number of nitrogens with one attached hydrogen (secondary N) is 1. The van der Waals surface area contributed by atoms with Crippen molar-refractivity contribution in [1.82, 2.24) is 4.90 Å². The Morgan fingerprint density at radius 2 is 1.86 bits per heavy atom. The highest BCUT2D eigenvalue weighted by Crippen LogP contribution is 2.55. The minimum absolute atomic E-state index is 0.159. The number of benzene rings is 3. The van der Waals surface area contributed by atoms with Crippen LogP contribution in [0.4, 0.5) is 16.2 Å². The Balaban J connectivity index is 1.53. The lowest BCUT2D eigenvalue weighted by Crippen LogP contribution is -2.51. The molecule has 0 unspecified atom stereocenters. The van der Waals surface area contributed by atoms with E-state index in [0.29, 0.717) is 35.3 Å². The highest BCUT2D eigenvalue weighted by Gasteiger charge is 2.59. The molecule has 0 aromatic heterocycles. The molecule has 3 aromatic carbocycles. The zero-order valence-corrected chi connectivity index (χ0v) is 21.8. The Kier molecular flexibility index (Phi) is 6.49. The van der Waals surface area contributed by atoms with Gasteiger partial charge in [0, 0.05) is 28.6 Å². The molecule has 1 atom stereocenters. The Morgan fingerprint density at radius 1 is 1.08 bits per heavy atom. The summed E-state index contributed by atoms with van der Waals surface area (Å²) in [6.45, 7) is 2.67. The SMILES string of the molecule is COc1cccc(CN2C(=O)[C@@]3(SCCN3C(=O)Nc3ccc(C)c(Cl)c3)c3cc(OC)ccc32)c1. The van der Waals surface area contributed by atoms with Gasteiger partial charge in [-0.05, 0) is 60.5 Å². The van der Waals surface area contributed by atoms with Gasteiger partial charge >= 0.3 is 6.03 Å². The predicted molar refractivity (Wildman–Crippen MR) is 143 cm³/mol. The molecule has 1 saturated heterocycles. The third-order valence-electron chi connectivity index (χ3n) is 6.54. The van der Waals surface area contributed by atoms with Gasteiger partial charge < -0.3 is 19.7 Å². The lowest BCUT2D eigenvalue weighted by molar-refractivity contribution is -0.123. The number of anilines is 2. The van der Waals surface area contributed by atoms with E-state index in [-0.39, 0.29) is 11.9 Å². The quantitative estimate of drug-likeness (QED) is 0.468. The van der Waals surface area contributed by atoms with Gasteiger partial charge in [0.05, 0.1) is 26.5 Å². The molecule has 0 saturated carbocycles. The van der Waals surface area contributed by atoms with Gasteiger partial charge in [0.2, 0.25) is 0 Å². The summed E-state index contributed by atoms with van der Waals surface area (Å²) >= 11 is 7.73. The first-order valence-corrected chi connectivity index (χ1v) is 12.9. The Hall–Kier alpha value is -3.36. The van der Waals surface area contributed by atoms with Crippen LogP contribution < -0.4 is 19.7 Å². The molecule has 1 N–H and O–H groups in total. The molecule has 5 rings (SSSR count). The topological polar surface area (TPSA) is 71.1 Å². The lowest BCUT2D eigenvalue weighted by Gasteiger charge is -2.33. The molecule has 1 fully saturated rings. The fourth-order valence-corrected chi connectivity index (χ4v) is 6.33. The zero-order valence-electron chi connectivity index (χ0n) is 20.2. The van der Waals surface area contributed by atoms with E-state index in [1.807, 2.05) is 55.5 Å². The molecule has 0 radical (unpaired) electrons. The fraction of sp³-hybridized carbons (Fsp3) is 0.259. The maximum Gasteiger partial charge on any atom is 0.323 e. The van der Waals surface area contributed by atoms with Gasteiger partial charge in [0.1, 0.15) is 11.5 Å². The molecular formula is C27H26ClN3O4S. The molecule has 9 heteroatoms. The first-order valence-electron chi connectivity index (χ1n) is 11.5. The number of methoxy groups -OCH3 is 2. The number of fused-ring (bicyclic) bond motifs is 2. The highest BCUT2D eigenvalue weighted by molar-refractivity contribution is 8.01. The molecule has 2 aliphatic heterocycles. The van der Waals surface area contributed by atoms with Crippen molar-refractivity contribution in [2.45, 2.75) is 18.3 Å². The lowest BCUT2D eigenvalue weighted by atomic mass is 10.1. The predicted octanol–water partition coefficient (Wildman–Crippen LogP) is 5.65. The number of carbonyl (C=O) groups excluding carboxylic acids is 2. The van der Waals surface area contributed by atoms with E-state index in [4.69, 9.17) is 21.1 Å². The van der Waals surface area contributed by atoms with E-state index in [2.05, 4.69) is 5.32 Å². The molecular weight excluding hydrogens is 498 g/mol. The summed E-state index contributed by atoms with van der Waals surface area (Å²) in [5, 5.41) is 3.50. The third kappa shape index (κ3) is 4.04. The molecule has 186 valence electrons. The van der Waals surface area contributed by atoms with Crippen LogP contribution in [-0.4, -0.2) is 43.4 Å². The van der Waals surface area contributed by atoms with Crippen LogP contribution in [0, 0.1) is 6.92 Å². The number of halogens is 1. The van der Waals surface area contributed by atoms with E-state index < -0.39 is 4.87 Å². The van der Waals surface area contributed by atoms with Gasteiger partial charge in [-0.15, -0.1) is 11.8 Å². The van der Waals surface area contributed by atoms with E-state index >= 15 is 0 Å². The second kappa shape index (κ2) is 9.59. The normalized spacial score (nSPS) is 18.5. The number of amides is 3. The van der Waals surface area contributed by atoms with Crippen molar-refractivity contribution in [3.8, 4) is 11.5 Å². The first kappa shape index (κ1) is 24.3. The second-order valence-corrected chi connectivity index (χ2v) is 10.4. The molecule has 1 spiro atoms. The van der Waals surface area contributed by atoms with Crippen LogP contribution in [0.2, 0.25) is 5.02 Å². The molecule has 36 heavy (non-hydrogen) atoms. The van der Waals surface area contributed by atoms with Crippen LogP contribution in [0.25, 0.3) is 0 Å². The van der Waals surface area contributed by atoms with Crippen LogP contribution in [0.5, 0.6) is 11.5 Å². The molecule has 3 aromatic rings. The Bertz CT molecular complexity index is 1350. The maximum absolute atomic E-state index is 14.2. The number of thioether (sulfide) groups is 1. The van der Waals surface area contributed by atoms with Crippen LogP contribution in [0.1, 0.15) is 16.7 Å². The maximum atomic E-state index is 14.2. The van der Waals surface area contributed by atoms with Gasteiger partial charge in [0.15, 0.2) is 4.87 Å². The Morgan fingerprint density at radius 3 is 2.61 bits per heavy atom. The fourth-order valence-electron chi connectivity index (χ4n) is 4.69. The highest BCUT2D eigenvalue weighted by atomic mass is 35.5. The van der Waals surface area contributed by atoms with Crippen molar-refractivity contribution in [1.29, 1.82) is 0 Å². The van der Waals surface area contributed by atoms with Gasteiger partial charge in [-0.3, -0.25) is 9.69 Å². The summed E-state index contributed by atoms with van der Waals surface area (Å²) in [4.78, 5) is 29.9.